The van der Waals surface area contributed by atoms with Crippen molar-refractivity contribution in [1.29, 1.82) is 0 Å². The molecule has 3 nitrogen and oxygen atoms in total. The van der Waals surface area contributed by atoms with Crippen LogP contribution in [0, 0.1) is 0 Å². The van der Waals surface area contributed by atoms with Crippen LogP contribution in [0.2, 0.25) is 10.0 Å². The zero-order valence-electron chi connectivity index (χ0n) is 11.2. The van der Waals surface area contributed by atoms with Crippen molar-refractivity contribution in [3.63, 3.8) is 0 Å². The van der Waals surface area contributed by atoms with Crippen molar-refractivity contribution in [3.05, 3.63) is 62.5 Å². The average Bonchev–Trinajstić information content (AvgIpc) is 2.44. The number of halogens is 3. The Morgan fingerprint density at radius 2 is 1.86 bits per heavy atom. The van der Waals surface area contributed by atoms with E-state index in [0.29, 0.717) is 22.3 Å². The van der Waals surface area contributed by atoms with Gasteiger partial charge in [-0.15, -0.1) is 0 Å². The molecule has 21 heavy (non-hydrogen) atoms. The highest BCUT2D eigenvalue weighted by Gasteiger charge is 2.11. The molecule has 0 saturated carbocycles. The minimum Gasteiger partial charge on any atom is -0.323 e. The van der Waals surface area contributed by atoms with Gasteiger partial charge in [0, 0.05) is 23.1 Å². The molecule has 0 aliphatic carbocycles. The molecular weight excluding hydrogens is 375 g/mol. The van der Waals surface area contributed by atoms with E-state index >= 15 is 0 Å². The summed E-state index contributed by atoms with van der Waals surface area (Å²) in [7, 11) is 1.72. The molecule has 2 amide bonds. The topological polar surface area (TPSA) is 32.3 Å². The van der Waals surface area contributed by atoms with E-state index in [1.165, 1.54) is 0 Å². The predicted molar refractivity (Wildman–Crippen MR) is 91.1 cm³/mol. The maximum atomic E-state index is 12.1. The summed E-state index contributed by atoms with van der Waals surface area (Å²) >= 11 is 15.2. The minimum absolute atomic E-state index is 0.234. The average molecular weight is 388 g/mol. The van der Waals surface area contributed by atoms with Gasteiger partial charge in [-0.2, -0.15) is 0 Å². The van der Waals surface area contributed by atoms with Crippen LogP contribution in [0.3, 0.4) is 0 Å². The lowest BCUT2D eigenvalue weighted by Gasteiger charge is -2.18. The number of hydrogen-bond donors (Lipinski definition) is 1. The third-order valence-electron chi connectivity index (χ3n) is 2.85. The lowest BCUT2D eigenvalue weighted by molar-refractivity contribution is 0.220. The summed E-state index contributed by atoms with van der Waals surface area (Å²) < 4.78 is 1.01. The Bertz CT molecular complexity index is 647. The van der Waals surface area contributed by atoms with E-state index in [4.69, 9.17) is 23.2 Å². The van der Waals surface area contributed by atoms with Gasteiger partial charge in [0.05, 0.1) is 10.7 Å². The molecule has 0 aliphatic rings. The van der Waals surface area contributed by atoms with Gasteiger partial charge < -0.3 is 10.2 Å². The molecule has 6 heteroatoms. The molecule has 0 heterocycles. The lowest BCUT2D eigenvalue weighted by Crippen LogP contribution is -2.30. The zero-order chi connectivity index (χ0) is 15.4. The molecule has 2 aromatic carbocycles. The van der Waals surface area contributed by atoms with Crippen LogP contribution in [-0.2, 0) is 6.54 Å². The number of carbonyl (C=O) groups excluding carboxylic acids is 1. The van der Waals surface area contributed by atoms with Crippen LogP contribution in [0.4, 0.5) is 10.5 Å². The van der Waals surface area contributed by atoms with E-state index < -0.39 is 0 Å². The van der Waals surface area contributed by atoms with Gasteiger partial charge in [-0.05, 0) is 35.9 Å². The third kappa shape index (κ3) is 4.63. The Morgan fingerprint density at radius 1 is 1.19 bits per heavy atom. The summed E-state index contributed by atoms with van der Waals surface area (Å²) in [5, 5.41) is 3.69. The second-order valence-corrected chi connectivity index (χ2v) is 6.30. The van der Waals surface area contributed by atoms with E-state index in [9.17, 15) is 4.79 Å². The SMILES string of the molecule is CN(Cc1ccc(Br)cc1)C(=O)Nc1ccc(Cl)cc1Cl. The van der Waals surface area contributed by atoms with Crippen LogP contribution in [0.15, 0.2) is 46.9 Å². The van der Waals surface area contributed by atoms with Crippen molar-refractivity contribution in [2.75, 3.05) is 12.4 Å². The number of benzene rings is 2. The van der Waals surface area contributed by atoms with Gasteiger partial charge >= 0.3 is 6.03 Å². The van der Waals surface area contributed by atoms with Crippen LogP contribution in [-0.4, -0.2) is 18.0 Å². The van der Waals surface area contributed by atoms with Crippen molar-refractivity contribution in [1.82, 2.24) is 4.90 Å². The normalized spacial score (nSPS) is 10.3. The molecule has 2 aromatic rings. The van der Waals surface area contributed by atoms with E-state index in [1.54, 1.807) is 30.1 Å². The molecule has 2 rings (SSSR count). The summed E-state index contributed by atoms with van der Waals surface area (Å²) in [6.45, 7) is 0.504. The molecule has 110 valence electrons. The lowest BCUT2D eigenvalue weighted by atomic mass is 10.2. The van der Waals surface area contributed by atoms with Crippen LogP contribution < -0.4 is 5.32 Å². The number of carbonyl (C=O) groups is 1. The van der Waals surface area contributed by atoms with Gasteiger partial charge in [0.25, 0.3) is 0 Å². The van der Waals surface area contributed by atoms with Crippen molar-refractivity contribution >= 4 is 50.9 Å². The molecule has 0 saturated heterocycles. The largest absolute Gasteiger partial charge is 0.323 e. The van der Waals surface area contributed by atoms with Crippen LogP contribution >= 0.6 is 39.1 Å². The van der Waals surface area contributed by atoms with E-state index in [1.807, 2.05) is 24.3 Å². The number of nitrogens with zero attached hydrogens (tertiary/aromatic N) is 1. The monoisotopic (exact) mass is 386 g/mol. The van der Waals surface area contributed by atoms with Gasteiger partial charge in [-0.25, -0.2) is 4.79 Å². The molecule has 0 aliphatic heterocycles. The Balaban J connectivity index is 2.00. The number of urea groups is 1. The molecular formula is C15H13BrCl2N2O. The van der Waals surface area contributed by atoms with Gasteiger partial charge in [-0.1, -0.05) is 51.3 Å². The first kappa shape index (κ1) is 16.1. The fourth-order valence-corrected chi connectivity index (χ4v) is 2.46. The Morgan fingerprint density at radius 3 is 2.48 bits per heavy atom. The highest BCUT2D eigenvalue weighted by atomic mass is 79.9. The van der Waals surface area contributed by atoms with Crippen molar-refractivity contribution < 1.29 is 4.79 Å². The number of hydrogen-bond acceptors (Lipinski definition) is 1. The van der Waals surface area contributed by atoms with Crippen LogP contribution in [0.5, 0.6) is 0 Å². The minimum atomic E-state index is -0.234. The molecule has 0 aromatic heterocycles. The van der Waals surface area contributed by atoms with E-state index in [0.717, 1.165) is 10.0 Å². The maximum Gasteiger partial charge on any atom is 0.321 e. The quantitative estimate of drug-likeness (QED) is 0.749. The second-order valence-electron chi connectivity index (χ2n) is 4.54. The first-order chi connectivity index (χ1) is 9.95. The number of rotatable bonds is 3. The Hall–Kier alpha value is -1.23. The van der Waals surface area contributed by atoms with E-state index in [2.05, 4.69) is 21.2 Å². The zero-order valence-corrected chi connectivity index (χ0v) is 14.3. The fourth-order valence-electron chi connectivity index (χ4n) is 1.74. The maximum absolute atomic E-state index is 12.1. The highest BCUT2D eigenvalue weighted by Crippen LogP contribution is 2.25. The Kier molecular flexibility index (Phi) is 5.51. The van der Waals surface area contributed by atoms with Crippen LogP contribution in [0.1, 0.15) is 5.56 Å². The van der Waals surface area contributed by atoms with Gasteiger partial charge in [0.2, 0.25) is 0 Å². The fraction of sp³-hybridized carbons (Fsp3) is 0.133. The smallest absolute Gasteiger partial charge is 0.321 e. The molecule has 0 radical (unpaired) electrons. The third-order valence-corrected chi connectivity index (χ3v) is 3.93. The second kappa shape index (κ2) is 7.16. The molecule has 0 unspecified atom stereocenters. The molecule has 0 bridgehead atoms. The first-order valence-electron chi connectivity index (χ1n) is 6.17. The summed E-state index contributed by atoms with van der Waals surface area (Å²) in [5.74, 6) is 0. The molecule has 1 N–H and O–H groups in total. The van der Waals surface area contributed by atoms with Crippen molar-refractivity contribution in [2.45, 2.75) is 6.54 Å². The first-order valence-corrected chi connectivity index (χ1v) is 7.72. The predicted octanol–water partition coefficient (Wildman–Crippen LogP) is 5.42. The molecule has 0 atom stereocenters. The van der Waals surface area contributed by atoms with Crippen molar-refractivity contribution in [3.8, 4) is 0 Å². The van der Waals surface area contributed by atoms with Gasteiger partial charge in [0.15, 0.2) is 0 Å². The van der Waals surface area contributed by atoms with Gasteiger partial charge in [-0.3, -0.25) is 0 Å². The number of anilines is 1. The van der Waals surface area contributed by atoms with Crippen molar-refractivity contribution in [2.24, 2.45) is 0 Å². The number of amides is 2. The summed E-state index contributed by atoms with van der Waals surface area (Å²) in [5.41, 5.74) is 1.58. The highest BCUT2D eigenvalue weighted by molar-refractivity contribution is 9.10. The summed E-state index contributed by atoms with van der Waals surface area (Å²) in [6.07, 6.45) is 0. The summed E-state index contributed by atoms with van der Waals surface area (Å²) in [6, 6.07) is 12.5. The molecule has 0 fully saturated rings. The Labute approximate surface area is 142 Å². The standard InChI is InChI=1S/C15H13BrCl2N2O/c1-20(9-10-2-4-11(16)5-3-10)15(21)19-14-7-6-12(17)8-13(14)18/h2-8H,9H2,1H3,(H,19,21). The van der Waals surface area contributed by atoms with Gasteiger partial charge in [0.1, 0.15) is 0 Å². The number of nitrogens with one attached hydrogen (secondary N) is 1. The van der Waals surface area contributed by atoms with Crippen LogP contribution in [0.25, 0.3) is 0 Å². The molecule has 0 spiro atoms. The summed E-state index contributed by atoms with van der Waals surface area (Å²) in [4.78, 5) is 13.7. The van der Waals surface area contributed by atoms with E-state index in [-0.39, 0.29) is 6.03 Å².